The van der Waals surface area contributed by atoms with Gasteiger partial charge in [0, 0.05) is 6.92 Å². The molecule has 78 valence electrons. The fourth-order valence-electron chi connectivity index (χ4n) is 0.919. The maximum atomic E-state index is 10.6. The molecule has 0 saturated heterocycles. The largest absolute Gasteiger partial charge is 0.507 e. The molecule has 0 atom stereocenters. The smallest absolute Gasteiger partial charge is 0.186 e. The van der Waals surface area contributed by atoms with Gasteiger partial charge in [-0.15, -0.1) is 0 Å². The number of benzene rings is 1. The van der Waals surface area contributed by atoms with Crippen molar-refractivity contribution in [3.8, 4) is 23.3 Å². The lowest BCUT2D eigenvalue weighted by Crippen LogP contribution is -1.83. The highest BCUT2D eigenvalue weighted by Crippen LogP contribution is 2.24. The van der Waals surface area contributed by atoms with Crippen LogP contribution in [0.5, 0.6) is 11.5 Å². The lowest BCUT2D eigenvalue weighted by Gasteiger charge is -1.98. The Morgan fingerprint density at radius 2 is 2.00 bits per heavy atom. The Kier molecular flexibility index (Phi) is 4.07. The lowest BCUT2D eigenvalue weighted by molar-refractivity contribution is -0.109. The van der Waals surface area contributed by atoms with Crippen LogP contribution in [0.3, 0.4) is 0 Å². The summed E-state index contributed by atoms with van der Waals surface area (Å²) in [5.41, 5.74) is 0.196. The summed E-state index contributed by atoms with van der Waals surface area (Å²) in [5, 5.41) is 18.7. The molecule has 3 nitrogen and oxygen atoms in total. The van der Waals surface area contributed by atoms with Crippen LogP contribution in [0.4, 0.5) is 0 Å². The first-order valence-corrected chi connectivity index (χ1v) is 5.23. The van der Waals surface area contributed by atoms with Crippen molar-refractivity contribution in [3.63, 3.8) is 0 Å². The normalized spacial score (nSPS) is 9.13. The molecule has 0 heterocycles. The lowest BCUT2D eigenvalue weighted by atomic mass is 10.2. The van der Waals surface area contributed by atoms with Gasteiger partial charge >= 0.3 is 0 Å². The summed E-state index contributed by atoms with van der Waals surface area (Å²) in [5.74, 6) is 5.53. The fourth-order valence-corrected chi connectivity index (χ4v) is 1.27. The number of hydrogen-bond donors (Lipinski definition) is 2. The monoisotopic (exact) mass is 222 g/mol. The Balaban J connectivity index is 2.75. The number of aromatic hydroxyl groups is 2. The third-order valence-electron chi connectivity index (χ3n) is 1.58. The van der Waals surface area contributed by atoms with E-state index < -0.39 is 0 Å². The molecule has 0 amide bonds. The zero-order valence-corrected chi connectivity index (χ0v) is 8.97. The molecule has 0 unspecified atom stereocenters. The minimum Gasteiger partial charge on any atom is -0.507 e. The predicted octanol–water partition coefficient (Wildman–Crippen LogP) is 1.73. The predicted molar refractivity (Wildman–Crippen MR) is 59.8 cm³/mol. The zero-order valence-electron chi connectivity index (χ0n) is 8.15. The van der Waals surface area contributed by atoms with E-state index in [1.165, 1.54) is 25.1 Å². The average molecular weight is 222 g/mol. The third-order valence-corrected chi connectivity index (χ3v) is 2.28. The van der Waals surface area contributed by atoms with Crippen LogP contribution in [0.2, 0.25) is 0 Å². The second-order valence-corrected chi connectivity index (χ2v) is 3.91. The number of carbonyl (C=O) groups is 1. The molecule has 1 aromatic carbocycles. The molecule has 0 bridgehead atoms. The van der Waals surface area contributed by atoms with Crippen molar-refractivity contribution in [2.45, 2.75) is 6.92 Å². The second-order valence-electron chi connectivity index (χ2n) is 2.75. The molecule has 0 aliphatic rings. The van der Waals surface area contributed by atoms with Gasteiger partial charge in [-0.3, -0.25) is 4.79 Å². The van der Waals surface area contributed by atoms with E-state index in [0.717, 1.165) is 11.8 Å². The minimum absolute atomic E-state index is 0.00851. The first kappa shape index (κ1) is 11.5. The Labute approximate surface area is 92.1 Å². The molecule has 4 heteroatoms. The van der Waals surface area contributed by atoms with Gasteiger partial charge in [-0.25, -0.2) is 0 Å². The molecule has 0 aliphatic heterocycles. The molecular weight excluding hydrogens is 212 g/mol. The first-order valence-electron chi connectivity index (χ1n) is 4.24. The molecule has 0 saturated carbocycles. The van der Waals surface area contributed by atoms with Gasteiger partial charge in [0.05, 0.1) is 5.75 Å². The van der Waals surface area contributed by atoms with E-state index in [4.69, 9.17) is 0 Å². The highest BCUT2D eigenvalue weighted by Gasteiger charge is 2.02. The molecule has 1 aromatic rings. The number of rotatable bonds is 1. The molecule has 15 heavy (non-hydrogen) atoms. The fraction of sp³-hybridized carbons (Fsp3) is 0.182. The van der Waals surface area contributed by atoms with Crippen LogP contribution < -0.4 is 0 Å². The van der Waals surface area contributed by atoms with E-state index in [2.05, 4.69) is 11.8 Å². The van der Waals surface area contributed by atoms with Crippen LogP contribution in [-0.4, -0.2) is 21.1 Å². The van der Waals surface area contributed by atoms with Crippen molar-refractivity contribution in [3.05, 3.63) is 23.8 Å². The van der Waals surface area contributed by atoms with Crippen LogP contribution in [0.1, 0.15) is 12.5 Å². The van der Waals surface area contributed by atoms with Crippen LogP contribution in [0.15, 0.2) is 18.2 Å². The molecule has 0 spiro atoms. The highest BCUT2D eigenvalue weighted by molar-refractivity contribution is 8.13. The van der Waals surface area contributed by atoms with Gasteiger partial charge in [0.25, 0.3) is 0 Å². The number of hydrogen-bond acceptors (Lipinski definition) is 4. The van der Waals surface area contributed by atoms with E-state index in [-0.39, 0.29) is 22.2 Å². The Bertz CT molecular complexity index is 409. The van der Waals surface area contributed by atoms with Crippen LogP contribution >= 0.6 is 11.8 Å². The summed E-state index contributed by atoms with van der Waals surface area (Å²) < 4.78 is 0. The summed E-state index contributed by atoms with van der Waals surface area (Å²) >= 11 is 1.09. The summed E-state index contributed by atoms with van der Waals surface area (Å²) in [6.07, 6.45) is 0. The number of carbonyl (C=O) groups excluding carboxylic acids is 1. The first-order chi connectivity index (χ1) is 7.11. The van der Waals surface area contributed by atoms with E-state index in [1.54, 1.807) is 0 Å². The van der Waals surface area contributed by atoms with Crippen LogP contribution in [-0.2, 0) is 4.79 Å². The molecule has 1 rings (SSSR count). The molecule has 0 fully saturated rings. The third kappa shape index (κ3) is 3.56. The summed E-state index contributed by atoms with van der Waals surface area (Å²) in [6.45, 7) is 1.46. The van der Waals surface area contributed by atoms with Crippen molar-refractivity contribution in [1.82, 2.24) is 0 Å². The average Bonchev–Trinajstić information content (AvgIpc) is 2.15. The maximum absolute atomic E-state index is 10.6. The molecular formula is C11H10O3S. The van der Waals surface area contributed by atoms with E-state index in [9.17, 15) is 15.0 Å². The van der Waals surface area contributed by atoms with Crippen LogP contribution in [0, 0.1) is 11.8 Å². The molecule has 0 radical (unpaired) electrons. The van der Waals surface area contributed by atoms with Crippen molar-refractivity contribution < 1.29 is 15.0 Å². The quantitative estimate of drug-likeness (QED) is 0.710. The van der Waals surface area contributed by atoms with E-state index in [1.807, 2.05) is 0 Å². The standard InChI is InChI=1S/C11H10O3S/c1-8(12)15-7-3-4-9-10(13)5-2-6-11(9)14/h2,5-6,13-14H,7H2,1H3. The van der Waals surface area contributed by atoms with E-state index >= 15 is 0 Å². The summed E-state index contributed by atoms with van der Waals surface area (Å²) in [7, 11) is 0. The SMILES string of the molecule is CC(=O)SCC#Cc1c(O)cccc1O. The van der Waals surface area contributed by atoms with Crippen LogP contribution in [0.25, 0.3) is 0 Å². The number of thioether (sulfide) groups is 1. The number of phenolic OH excluding ortho intramolecular Hbond substituents is 2. The highest BCUT2D eigenvalue weighted by atomic mass is 32.2. The summed E-state index contributed by atoms with van der Waals surface area (Å²) in [6, 6.07) is 4.42. The minimum atomic E-state index is -0.0599. The van der Waals surface area contributed by atoms with Crippen molar-refractivity contribution in [1.29, 1.82) is 0 Å². The van der Waals surface area contributed by atoms with Gasteiger partial charge in [-0.2, -0.15) is 0 Å². The van der Waals surface area contributed by atoms with Gasteiger partial charge < -0.3 is 10.2 Å². The Hall–Kier alpha value is -1.60. The molecule has 0 aromatic heterocycles. The second kappa shape index (κ2) is 5.32. The number of phenols is 2. The summed E-state index contributed by atoms with van der Waals surface area (Å²) in [4.78, 5) is 10.6. The van der Waals surface area contributed by atoms with Crippen molar-refractivity contribution in [2.75, 3.05) is 5.75 Å². The maximum Gasteiger partial charge on any atom is 0.186 e. The van der Waals surface area contributed by atoms with E-state index in [0.29, 0.717) is 5.75 Å². The molecule has 2 N–H and O–H groups in total. The van der Waals surface area contributed by atoms with Gasteiger partial charge in [-0.1, -0.05) is 29.7 Å². The van der Waals surface area contributed by atoms with Crippen molar-refractivity contribution in [2.24, 2.45) is 0 Å². The topological polar surface area (TPSA) is 57.5 Å². The van der Waals surface area contributed by atoms with Gasteiger partial charge in [-0.05, 0) is 12.1 Å². The Morgan fingerprint density at radius 3 is 2.53 bits per heavy atom. The van der Waals surface area contributed by atoms with Gasteiger partial charge in [0.15, 0.2) is 5.12 Å². The van der Waals surface area contributed by atoms with Gasteiger partial charge in [0.2, 0.25) is 0 Å². The zero-order chi connectivity index (χ0) is 11.3. The molecule has 0 aliphatic carbocycles. The Morgan fingerprint density at radius 1 is 1.40 bits per heavy atom. The van der Waals surface area contributed by atoms with Gasteiger partial charge in [0.1, 0.15) is 17.1 Å². The van der Waals surface area contributed by atoms with Crippen molar-refractivity contribution >= 4 is 16.9 Å².